The first-order chi connectivity index (χ1) is 24.4. The minimum atomic E-state index is -5.11. The molecule has 3 aromatic rings. The van der Waals surface area contributed by atoms with Crippen molar-refractivity contribution in [1.29, 1.82) is 0 Å². The summed E-state index contributed by atoms with van der Waals surface area (Å²) < 4.78 is 79.1. The lowest BCUT2D eigenvalue weighted by Gasteiger charge is -2.27. The second-order valence-electron chi connectivity index (χ2n) is 12.4. The summed E-state index contributed by atoms with van der Waals surface area (Å²) in [6, 6.07) is 1.09. The molecule has 3 fully saturated rings. The number of fused-ring (bicyclic) bond motifs is 1. The average molecular weight is 759 g/mol. The van der Waals surface area contributed by atoms with Gasteiger partial charge in [-0.05, 0) is 61.3 Å². The fourth-order valence-electron chi connectivity index (χ4n) is 6.42. The first kappa shape index (κ1) is 37.0. The summed E-state index contributed by atoms with van der Waals surface area (Å²) in [6.07, 6.45) is 3.22. The van der Waals surface area contributed by atoms with Gasteiger partial charge in [-0.15, -0.1) is 13.2 Å². The predicted molar refractivity (Wildman–Crippen MR) is 175 cm³/mol. The predicted octanol–water partition coefficient (Wildman–Crippen LogP) is 3.98. The molecule has 2 aliphatic heterocycles. The van der Waals surface area contributed by atoms with E-state index in [0.717, 1.165) is 80.3 Å². The van der Waals surface area contributed by atoms with E-state index in [-0.39, 0.29) is 40.0 Å². The zero-order valence-corrected chi connectivity index (χ0v) is 28.9. The number of likely N-dealkylation sites (tertiary alicyclic amines) is 1. The molecule has 6 rings (SSSR count). The van der Waals surface area contributed by atoms with Gasteiger partial charge < -0.3 is 25.0 Å². The van der Waals surface area contributed by atoms with Crippen LogP contribution in [0.25, 0.3) is 10.8 Å². The number of esters is 1. The maximum atomic E-state index is 13.7. The summed E-state index contributed by atoms with van der Waals surface area (Å²) in [5, 5.41) is 5.86. The van der Waals surface area contributed by atoms with Gasteiger partial charge in [0.15, 0.2) is 9.34 Å². The summed E-state index contributed by atoms with van der Waals surface area (Å²) in [7, 11) is -4.20. The molecule has 0 spiro atoms. The molecule has 0 bridgehead atoms. The van der Waals surface area contributed by atoms with Gasteiger partial charge in [-0.2, -0.15) is 9.61 Å². The van der Waals surface area contributed by atoms with E-state index in [2.05, 4.69) is 19.4 Å². The highest BCUT2D eigenvalue weighted by Crippen LogP contribution is 2.35. The van der Waals surface area contributed by atoms with E-state index in [1.165, 1.54) is 24.5 Å². The molecule has 3 aliphatic rings. The lowest BCUT2D eigenvalue weighted by atomic mass is 9.98. The molecular formula is C31H37F3N6O9S2. The highest BCUT2D eigenvalue weighted by molar-refractivity contribution is 7.91. The van der Waals surface area contributed by atoms with Crippen LogP contribution < -0.4 is 20.1 Å². The molecule has 1 saturated carbocycles. The van der Waals surface area contributed by atoms with Gasteiger partial charge in [-0.1, -0.05) is 35.6 Å². The van der Waals surface area contributed by atoms with E-state index in [0.29, 0.717) is 10.5 Å². The summed E-state index contributed by atoms with van der Waals surface area (Å²) in [4.78, 5) is 48.6. The van der Waals surface area contributed by atoms with E-state index < -0.39 is 59.3 Å². The topological polar surface area (TPSA) is 185 Å². The zero-order valence-electron chi connectivity index (χ0n) is 27.3. The Morgan fingerprint density at radius 3 is 2.59 bits per heavy atom. The Bertz CT molecular complexity index is 1820. The molecule has 20 heteroatoms. The quantitative estimate of drug-likeness (QED) is 0.0792. The number of sulfonamides is 1. The Morgan fingerprint density at radius 1 is 1.08 bits per heavy atom. The number of nitrogens with one attached hydrogen (secondary N) is 1. The Balaban J connectivity index is 1.21. The van der Waals surface area contributed by atoms with Crippen LogP contribution in [0.15, 0.2) is 34.8 Å². The van der Waals surface area contributed by atoms with Crippen LogP contribution in [0.2, 0.25) is 0 Å². The number of aromatic nitrogens is 2. The molecule has 4 heterocycles. The molecule has 0 radical (unpaired) electrons. The molecular weight excluding hydrogens is 722 g/mol. The van der Waals surface area contributed by atoms with Crippen molar-refractivity contribution < 1.29 is 55.5 Å². The van der Waals surface area contributed by atoms with Crippen LogP contribution in [-0.2, 0) is 45.6 Å². The third-order valence-electron chi connectivity index (χ3n) is 8.94. The van der Waals surface area contributed by atoms with Crippen molar-refractivity contribution >= 4 is 55.0 Å². The standard InChI is InChI=1S/C31H37F3N6O9S2/c32-31(33,34)47-25-16-22-19(8-10-36-27(22)35)14-20(25)15-24(29(42)45-18-46-49-48-21-6-2-1-3-7-21)40-13-9-23(28(40)41)38-51(43,44)26-17-37-30(50-26)39-11-4-5-12-39/h8,10,14,16-17,21,23-24,38H,1-7,9,11-13,15,18H2,(H2,35,36)/t23-,24+/m0/s1. The molecule has 2 atom stereocenters. The first-order valence-corrected chi connectivity index (χ1v) is 18.8. The van der Waals surface area contributed by atoms with Crippen LogP contribution in [0.5, 0.6) is 5.75 Å². The summed E-state index contributed by atoms with van der Waals surface area (Å²) >= 11 is 0.976. The van der Waals surface area contributed by atoms with Crippen LogP contribution in [0, 0.1) is 0 Å². The number of hydrogen-bond donors (Lipinski definition) is 2. The maximum Gasteiger partial charge on any atom is 0.573 e. The van der Waals surface area contributed by atoms with E-state index >= 15 is 0 Å². The Morgan fingerprint density at radius 2 is 1.84 bits per heavy atom. The van der Waals surface area contributed by atoms with Crippen LogP contribution in [0.1, 0.15) is 56.9 Å². The van der Waals surface area contributed by atoms with Crippen LogP contribution in [-0.4, -0.2) is 86.1 Å². The van der Waals surface area contributed by atoms with E-state index in [4.69, 9.17) is 25.3 Å². The maximum absolute atomic E-state index is 13.7. The van der Waals surface area contributed by atoms with Gasteiger partial charge in [0.2, 0.25) is 12.7 Å². The number of pyridine rings is 1. The molecule has 0 unspecified atom stereocenters. The third-order valence-corrected chi connectivity index (χ3v) is 11.9. The molecule has 15 nitrogen and oxygen atoms in total. The number of carbonyl (C=O) groups excluding carboxylic acids is 2. The number of thiazole rings is 1. The SMILES string of the molecule is Nc1nccc2cc(C[C@H](C(=O)OCOOOC3CCCCC3)N3CC[C@H](NS(=O)(=O)c4cnc(N5CCCC5)s4)C3=O)c(OC(F)(F)F)cc12. The van der Waals surface area contributed by atoms with E-state index in [1.807, 2.05) is 4.90 Å². The molecule has 51 heavy (non-hydrogen) atoms. The highest BCUT2D eigenvalue weighted by Gasteiger charge is 2.43. The van der Waals surface area contributed by atoms with Crippen molar-refractivity contribution in [2.75, 3.05) is 37.1 Å². The molecule has 1 aromatic carbocycles. The monoisotopic (exact) mass is 758 g/mol. The first-order valence-electron chi connectivity index (χ1n) is 16.5. The Kier molecular flexibility index (Phi) is 11.5. The lowest BCUT2D eigenvalue weighted by Crippen LogP contribution is -2.48. The number of nitrogens with two attached hydrogens (primary N) is 1. The van der Waals surface area contributed by atoms with Crippen molar-refractivity contribution in [2.24, 2.45) is 0 Å². The van der Waals surface area contributed by atoms with Gasteiger partial charge in [0.25, 0.3) is 10.0 Å². The number of amides is 1. The van der Waals surface area contributed by atoms with Crippen LogP contribution in [0.3, 0.4) is 0 Å². The second-order valence-corrected chi connectivity index (χ2v) is 15.4. The van der Waals surface area contributed by atoms with Gasteiger partial charge in [0.05, 0.1) is 12.3 Å². The fourth-order valence-corrected chi connectivity index (χ4v) is 8.83. The average Bonchev–Trinajstić information content (AvgIpc) is 3.87. The van der Waals surface area contributed by atoms with E-state index in [9.17, 15) is 31.2 Å². The number of carbonyl (C=O) groups is 2. The largest absolute Gasteiger partial charge is 0.573 e. The van der Waals surface area contributed by atoms with Crippen molar-refractivity contribution in [2.45, 2.75) is 86.5 Å². The van der Waals surface area contributed by atoms with Gasteiger partial charge in [0, 0.05) is 37.6 Å². The molecule has 2 saturated heterocycles. The third kappa shape index (κ3) is 9.16. The molecule has 3 N–H and O–H groups in total. The van der Waals surface area contributed by atoms with Gasteiger partial charge in [0.1, 0.15) is 23.7 Å². The fraction of sp³-hybridized carbons (Fsp3) is 0.548. The number of alkyl halides is 3. The van der Waals surface area contributed by atoms with Crippen molar-refractivity contribution in [3.63, 3.8) is 0 Å². The van der Waals surface area contributed by atoms with Gasteiger partial charge in [-0.3, -0.25) is 4.79 Å². The van der Waals surface area contributed by atoms with Gasteiger partial charge in [-0.25, -0.2) is 28.1 Å². The van der Waals surface area contributed by atoms with Crippen molar-refractivity contribution in [3.05, 3.63) is 36.2 Å². The Hall–Kier alpha value is -3.82. The van der Waals surface area contributed by atoms with Crippen LogP contribution in [0.4, 0.5) is 24.1 Å². The molecule has 2 aromatic heterocycles. The zero-order chi connectivity index (χ0) is 36.2. The van der Waals surface area contributed by atoms with E-state index in [1.54, 1.807) is 0 Å². The second kappa shape index (κ2) is 15.8. The van der Waals surface area contributed by atoms with Crippen LogP contribution >= 0.6 is 11.3 Å². The summed E-state index contributed by atoms with van der Waals surface area (Å²) in [5.74, 6) is -2.56. The minimum absolute atomic E-state index is 0.0414. The molecule has 1 amide bonds. The van der Waals surface area contributed by atoms with Crippen molar-refractivity contribution in [1.82, 2.24) is 19.6 Å². The number of nitrogens with zero attached hydrogens (tertiary/aromatic N) is 4. The number of rotatable bonds is 14. The smallest absolute Gasteiger partial charge is 0.434 e. The van der Waals surface area contributed by atoms with Gasteiger partial charge >= 0.3 is 12.3 Å². The molecule has 1 aliphatic carbocycles. The summed E-state index contributed by atoms with van der Waals surface area (Å²) in [5.41, 5.74) is 5.79. The lowest BCUT2D eigenvalue weighted by molar-refractivity contribution is -0.539. The number of nitrogen functional groups attached to an aromatic ring is 1. The number of anilines is 2. The Labute approximate surface area is 295 Å². The summed E-state index contributed by atoms with van der Waals surface area (Å²) in [6.45, 7) is 0.623. The van der Waals surface area contributed by atoms with Crippen molar-refractivity contribution in [3.8, 4) is 5.75 Å². The molecule has 278 valence electrons. The number of halogens is 3. The normalized spacial score (nSPS) is 19.6. The highest BCUT2D eigenvalue weighted by atomic mass is 32.2. The number of benzene rings is 1. The number of ether oxygens (including phenoxy) is 2. The number of hydrogen-bond acceptors (Lipinski definition) is 14. The minimum Gasteiger partial charge on any atom is -0.434 e.